The van der Waals surface area contributed by atoms with E-state index in [1.165, 1.54) is 41.5 Å². The molecule has 3 aromatic heterocycles. The van der Waals surface area contributed by atoms with Crippen LogP contribution in [0.2, 0.25) is 0 Å². The minimum absolute atomic E-state index is 0.0196. The van der Waals surface area contributed by atoms with Gasteiger partial charge in [-0.1, -0.05) is 32.8 Å². The summed E-state index contributed by atoms with van der Waals surface area (Å²) in [6.45, 7) is 10.5. The molecule has 18 nitrogen and oxygen atoms in total. The predicted molar refractivity (Wildman–Crippen MR) is 307 cm³/mol. The van der Waals surface area contributed by atoms with Gasteiger partial charge in [0.15, 0.2) is 5.89 Å². The van der Waals surface area contributed by atoms with Crippen LogP contribution in [0, 0.1) is 28.6 Å². The Morgan fingerprint density at radius 3 is 2.43 bits per heavy atom. The highest BCUT2D eigenvalue weighted by Gasteiger charge is 2.59. The lowest BCUT2D eigenvalue weighted by Crippen LogP contribution is -2.72. The molecule has 0 radical (unpaired) electrons. The topological polar surface area (TPSA) is 174 Å². The van der Waals surface area contributed by atoms with Crippen molar-refractivity contribution in [3.05, 3.63) is 53.9 Å². The normalized spacial score (nSPS) is 31.1. The Bertz CT molecular complexity index is 3210. The molecule has 21 heteroatoms. The van der Waals surface area contributed by atoms with E-state index in [0.29, 0.717) is 95.2 Å². The molecule has 10 heterocycles. The van der Waals surface area contributed by atoms with Gasteiger partial charge >= 0.3 is 12.1 Å². The van der Waals surface area contributed by atoms with Gasteiger partial charge in [-0.05, 0) is 133 Å². The van der Waals surface area contributed by atoms with E-state index in [1.54, 1.807) is 19.2 Å². The molecule has 6 saturated heterocycles. The lowest BCUT2D eigenvalue weighted by atomic mass is 9.73. The van der Waals surface area contributed by atoms with E-state index in [9.17, 15) is 9.59 Å². The third-order valence-corrected chi connectivity index (χ3v) is 21.2. The summed E-state index contributed by atoms with van der Waals surface area (Å²) in [4.78, 5) is 80.4. The fraction of sp³-hybridized carbons (Fsp3) is 0.683. The second kappa shape index (κ2) is 21.4. The van der Waals surface area contributed by atoms with Crippen molar-refractivity contribution >= 4 is 40.3 Å². The van der Waals surface area contributed by atoms with Crippen LogP contribution >= 0.6 is 0 Å². The van der Waals surface area contributed by atoms with Crippen LogP contribution in [0.4, 0.5) is 18.9 Å². The lowest BCUT2D eigenvalue weighted by Gasteiger charge is -2.53. The molecule has 2 N–H and O–H groups in total. The van der Waals surface area contributed by atoms with E-state index in [-0.39, 0.29) is 66.5 Å². The highest BCUT2D eigenvalue weighted by molar-refractivity contribution is 5.96. The molecule has 7 aliphatic heterocycles. The first-order valence-electron chi connectivity index (χ1n) is 31.3. The first kappa shape index (κ1) is 56.2. The molecule has 8 atom stereocenters. The van der Waals surface area contributed by atoms with Gasteiger partial charge in [-0.2, -0.15) is 13.2 Å². The summed E-state index contributed by atoms with van der Waals surface area (Å²) in [5.74, 6) is -0.0965. The Morgan fingerprint density at radius 1 is 0.940 bits per heavy atom. The number of halogens is 3. The van der Waals surface area contributed by atoms with Crippen molar-refractivity contribution in [1.82, 2.24) is 49.9 Å². The Hall–Kier alpha value is -5.61. The number of hydrazine groups is 1. The summed E-state index contributed by atoms with van der Waals surface area (Å²) >= 11 is 0. The second-order valence-electron chi connectivity index (χ2n) is 27.7. The minimum atomic E-state index is -4.61. The number of carbonyl (C=O) groups is 4. The van der Waals surface area contributed by atoms with Crippen molar-refractivity contribution in [3.63, 3.8) is 0 Å². The number of hydrogen-bond acceptors (Lipinski definition) is 14. The number of benzene rings is 1. The molecule has 11 aliphatic rings. The first-order chi connectivity index (χ1) is 40.3. The number of pyridine rings is 1. The SMILES string of the molecule is CO[C@@H](C)c1ncc(N2CCN(C3CC3)CC2)cc1-c1c2c3cc(ccc3n1CC(F)(F)F)-c1coc(n1)C[C@H](NC(=O)[C@H](C1CCCC1)N1CC[C@]3(CCN(C(=O)[C@H]4[C@@H](C5CC5)N4C)C3)C1)C(=O)N1N[C@H](C(=O)OCC(C)(C)C2)C2CC1C2. The van der Waals surface area contributed by atoms with E-state index < -0.39 is 54.2 Å². The molecule has 8 bridgehead atoms. The summed E-state index contributed by atoms with van der Waals surface area (Å²) in [7, 11) is 3.64. The van der Waals surface area contributed by atoms with Crippen molar-refractivity contribution in [2.45, 2.75) is 172 Å². The number of nitrogens with one attached hydrogen (secondary N) is 2. The summed E-state index contributed by atoms with van der Waals surface area (Å²) in [5, 5.41) is 5.36. The number of likely N-dealkylation sites (N-methyl/N-ethyl adjacent to an activating group) is 1. The third-order valence-electron chi connectivity index (χ3n) is 21.2. The van der Waals surface area contributed by atoms with Gasteiger partial charge in [-0.3, -0.25) is 43.9 Å². The van der Waals surface area contributed by atoms with E-state index in [4.69, 9.17) is 23.9 Å². The van der Waals surface area contributed by atoms with Gasteiger partial charge in [-0.25, -0.2) is 10.4 Å². The molecule has 1 spiro atoms. The zero-order valence-electron chi connectivity index (χ0n) is 49.3. The van der Waals surface area contributed by atoms with Crippen LogP contribution in [0.5, 0.6) is 0 Å². The van der Waals surface area contributed by atoms with Crippen LogP contribution in [-0.4, -0.2) is 184 Å². The van der Waals surface area contributed by atoms with Crippen LogP contribution in [0.25, 0.3) is 33.4 Å². The van der Waals surface area contributed by atoms with E-state index in [2.05, 4.69) is 42.3 Å². The Labute approximate surface area is 489 Å². The number of aromatic nitrogens is 3. The monoisotopic (exact) mass is 1160 g/mol. The average Bonchev–Trinajstić information content (AvgIpc) is 3.34. The van der Waals surface area contributed by atoms with Gasteiger partial charge in [0, 0.05) is 104 Å². The number of piperazine rings is 1. The maximum absolute atomic E-state index is 15.3. The number of nitrogens with zero attached hydrogens (tertiary/aromatic N) is 9. The quantitative estimate of drug-likeness (QED) is 0.108. The molecule has 4 saturated carbocycles. The highest BCUT2D eigenvalue weighted by atomic mass is 19.4. The van der Waals surface area contributed by atoms with Crippen molar-refractivity contribution in [1.29, 1.82) is 0 Å². The molecule has 84 heavy (non-hydrogen) atoms. The van der Waals surface area contributed by atoms with Crippen LogP contribution < -0.4 is 15.6 Å². The zero-order valence-corrected chi connectivity index (χ0v) is 49.3. The van der Waals surface area contributed by atoms with Crippen molar-refractivity contribution in [3.8, 4) is 22.5 Å². The maximum atomic E-state index is 15.3. The number of rotatable bonds is 12. The number of anilines is 1. The van der Waals surface area contributed by atoms with Gasteiger partial charge in [0.25, 0.3) is 5.91 Å². The average molecular weight is 1160 g/mol. The number of likely N-dealkylation sites (tertiary alicyclic amines) is 2. The molecule has 4 aliphatic carbocycles. The number of methoxy groups -OCH3 is 1. The Kier molecular flexibility index (Phi) is 14.3. The number of carbonyl (C=O) groups excluding carboxylic acids is 4. The fourth-order valence-corrected chi connectivity index (χ4v) is 16.2. The van der Waals surface area contributed by atoms with E-state index >= 15 is 22.8 Å². The standard InChI is InChI=1S/C63H82F3N11O7/c1-36(82-5)51-45(27-43(30-67-51)73-22-20-72(21-23-73)41-13-14-41)55-46-29-61(2,3)35-84-60(81)52-40-24-42(25-40)77(70-52)58(79)47(28-50-68-48(31-83-50)39-12-15-49(44(46)26-39)76(55)34-63(64,65)66)69-57(78)54(37-8-6-7-9-37)74-18-16-62(32-74)17-19-75(33-62)59(80)56-53(71(56)4)38-10-11-38/h12,15,26-27,30-31,36-38,40-42,47,52-54,56,70H,6-11,13-14,16-25,28-29,32-35H2,1-5H3,(H,69,78)/t36-,40?,42?,47-,52-,53+,54-,56+,62-,71?/m0/s1. The van der Waals surface area contributed by atoms with Gasteiger partial charge in [0.2, 0.25) is 11.8 Å². The van der Waals surface area contributed by atoms with Gasteiger partial charge in [0.05, 0.1) is 48.4 Å². The lowest BCUT2D eigenvalue weighted by molar-refractivity contribution is -0.171. The molecule has 3 amide bonds. The minimum Gasteiger partial charge on any atom is -0.464 e. The van der Waals surface area contributed by atoms with Crippen LogP contribution in [0.15, 0.2) is 41.1 Å². The number of hydrogen-bond donors (Lipinski definition) is 2. The van der Waals surface area contributed by atoms with E-state index in [1.807, 2.05) is 39.1 Å². The highest BCUT2D eigenvalue weighted by Crippen LogP contribution is 2.50. The molecule has 1 aromatic carbocycles. The number of ether oxygens (including phenoxy) is 2. The number of esters is 1. The molecule has 1 unspecified atom stereocenters. The van der Waals surface area contributed by atoms with Gasteiger partial charge in [-0.15, -0.1) is 0 Å². The third kappa shape index (κ3) is 10.6. The summed E-state index contributed by atoms with van der Waals surface area (Å²) in [6, 6.07) is 5.58. The Balaban J connectivity index is 0.807. The number of cyclic esters (lactones) is 1. The van der Waals surface area contributed by atoms with Crippen molar-refractivity contribution in [2.24, 2.45) is 28.6 Å². The van der Waals surface area contributed by atoms with E-state index in [0.717, 1.165) is 76.9 Å². The van der Waals surface area contributed by atoms with Crippen LogP contribution in [-0.2, 0) is 48.0 Å². The summed E-state index contributed by atoms with van der Waals surface area (Å²) in [6.07, 6.45) is 9.79. The summed E-state index contributed by atoms with van der Waals surface area (Å²) < 4.78 is 65.5. The maximum Gasteiger partial charge on any atom is 0.406 e. The smallest absolute Gasteiger partial charge is 0.406 e. The second-order valence-corrected chi connectivity index (χ2v) is 27.7. The van der Waals surface area contributed by atoms with Gasteiger partial charge < -0.3 is 33.6 Å². The number of amides is 3. The van der Waals surface area contributed by atoms with Crippen molar-refractivity contribution in [2.75, 3.05) is 78.0 Å². The largest absolute Gasteiger partial charge is 0.464 e. The zero-order chi connectivity index (χ0) is 58.1. The number of fused-ring (bicyclic) bond motifs is 4. The molecule has 452 valence electrons. The first-order valence-corrected chi connectivity index (χ1v) is 31.3. The molecule has 4 aromatic rings. The van der Waals surface area contributed by atoms with Gasteiger partial charge in [0.1, 0.15) is 36.6 Å². The van der Waals surface area contributed by atoms with Crippen molar-refractivity contribution < 1.29 is 46.2 Å². The molecular weight excluding hydrogens is 1080 g/mol. The number of alkyl halides is 3. The molecule has 15 rings (SSSR count). The fourth-order valence-electron chi connectivity index (χ4n) is 16.2. The van der Waals surface area contributed by atoms with Crippen LogP contribution in [0.3, 0.4) is 0 Å². The Morgan fingerprint density at radius 2 is 1.70 bits per heavy atom. The molecular formula is C63H82F3N11O7. The predicted octanol–water partition coefficient (Wildman–Crippen LogP) is 7.14. The molecule has 10 fully saturated rings. The number of oxazole rings is 1. The van der Waals surface area contributed by atoms with Crippen LogP contribution in [0.1, 0.15) is 121 Å². The summed E-state index contributed by atoms with van der Waals surface area (Å²) in [5.41, 5.74) is 6.55.